The number of halogens is 3. The quantitative estimate of drug-likeness (QED) is 0.179. The third-order valence-electron chi connectivity index (χ3n) is 9.21. The van der Waals surface area contributed by atoms with Gasteiger partial charge in [0.25, 0.3) is 0 Å². The van der Waals surface area contributed by atoms with Crippen LogP contribution in [0, 0.1) is 30.3 Å². The number of aliphatic hydroxyl groups is 2. The van der Waals surface area contributed by atoms with E-state index in [1.54, 1.807) is 33.9 Å². The number of anilines is 2. The van der Waals surface area contributed by atoms with Crippen LogP contribution in [-0.4, -0.2) is 67.3 Å². The molecular weight excluding hydrogens is 642 g/mol. The summed E-state index contributed by atoms with van der Waals surface area (Å²) < 4.78 is 67.7. The third-order valence-corrected chi connectivity index (χ3v) is 12.9. The molecule has 2 aliphatic rings. The lowest BCUT2D eigenvalue weighted by Gasteiger charge is -2.33. The van der Waals surface area contributed by atoms with Crippen LogP contribution in [0.15, 0.2) is 24.4 Å². The van der Waals surface area contributed by atoms with Crippen LogP contribution in [0.2, 0.25) is 0 Å². The fourth-order valence-electron chi connectivity index (χ4n) is 6.20. The van der Waals surface area contributed by atoms with Crippen LogP contribution in [0.5, 0.6) is 0 Å². The number of fused-ring (bicyclic) bond motifs is 1. The second-order valence-electron chi connectivity index (χ2n) is 12.5. The maximum Gasteiger partial charge on any atom is 0.225 e. The molecule has 6 rings (SSSR count). The molecule has 246 valence electrons. The van der Waals surface area contributed by atoms with Gasteiger partial charge in [-0.25, -0.2) is 31.6 Å². The summed E-state index contributed by atoms with van der Waals surface area (Å²) >= 11 is 1.41. The number of aliphatic hydroxyl groups excluding tert-OH is 2. The molecule has 1 aromatic carbocycles. The van der Waals surface area contributed by atoms with Crippen molar-refractivity contribution >= 4 is 43.2 Å². The molecule has 4 N–H and O–H groups in total. The molecule has 0 amide bonds. The fourth-order valence-corrected chi connectivity index (χ4v) is 8.71. The zero-order valence-corrected chi connectivity index (χ0v) is 27.3. The molecule has 2 aliphatic carbocycles. The standard InChI is InChI=1S/C31H35F3N6O4S2/c1-5-46(43,44)31(3,4)18-12-21(27(42)26(18)41)38-28-23(29-39-25-22(45-29)8-9-35-24(25)15-6-7-15)14(2)37-30(40-28)36-13-17-19(33)10-16(32)11-20(17)34/h8-11,15,18,21,26-27,41-42H,5-7,12-13H2,1-4H3,(H2,36,37,38,40)/t18-,21?,26+,27-/m0/s1. The zero-order chi connectivity index (χ0) is 33.1. The van der Waals surface area contributed by atoms with Gasteiger partial charge in [0, 0.05) is 48.0 Å². The summed E-state index contributed by atoms with van der Waals surface area (Å²) in [6.45, 7) is 5.98. The van der Waals surface area contributed by atoms with Crippen LogP contribution in [0.3, 0.4) is 0 Å². The molecule has 0 saturated heterocycles. The highest BCUT2D eigenvalue weighted by molar-refractivity contribution is 7.92. The van der Waals surface area contributed by atoms with E-state index < -0.39 is 61.8 Å². The van der Waals surface area contributed by atoms with Crippen molar-refractivity contribution in [1.29, 1.82) is 0 Å². The molecule has 4 aromatic rings. The second-order valence-corrected chi connectivity index (χ2v) is 16.4. The van der Waals surface area contributed by atoms with E-state index in [1.165, 1.54) is 11.3 Å². The van der Waals surface area contributed by atoms with Crippen molar-refractivity contribution in [2.24, 2.45) is 5.92 Å². The average Bonchev–Trinajstić information content (AvgIpc) is 3.68. The van der Waals surface area contributed by atoms with Crippen molar-refractivity contribution in [3.05, 3.63) is 58.8 Å². The Morgan fingerprint density at radius 1 is 1.07 bits per heavy atom. The number of rotatable bonds is 10. The highest BCUT2D eigenvalue weighted by Crippen LogP contribution is 2.45. The normalized spacial score (nSPS) is 22.0. The molecule has 0 spiro atoms. The minimum atomic E-state index is -3.60. The van der Waals surface area contributed by atoms with Gasteiger partial charge in [-0.1, -0.05) is 6.92 Å². The van der Waals surface area contributed by atoms with E-state index in [9.17, 15) is 31.8 Å². The molecule has 3 aromatic heterocycles. The molecule has 3 heterocycles. The molecule has 2 saturated carbocycles. The molecule has 46 heavy (non-hydrogen) atoms. The van der Waals surface area contributed by atoms with E-state index >= 15 is 0 Å². The summed E-state index contributed by atoms with van der Waals surface area (Å²) in [4.78, 5) is 18.6. The summed E-state index contributed by atoms with van der Waals surface area (Å²) in [7, 11) is -3.60. The fraction of sp³-hybridized carbons (Fsp3) is 0.484. The predicted octanol–water partition coefficient (Wildman–Crippen LogP) is 5.10. The van der Waals surface area contributed by atoms with Crippen molar-refractivity contribution in [2.45, 2.75) is 82.4 Å². The van der Waals surface area contributed by atoms with Gasteiger partial charge in [-0.15, -0.1) is 11.3 Å². The maximum absolute atomic E-state index is 14.4. The SMILES string of the molecule is CCS(=O)(=O)C(C)(C)[C@H]1CC(Nc2nc(NCc3c(F)cc(F)cc3F)nc(C)c2-c2nc3c(C4CC4)nccc3s2)[C@H](O)[C@@H]1O. The summed E-state index contributed by atoms with van der Waals surface area (Å²) in [6, 6.07) is 2.25. The number of thiazole rings is 1. The van der Waals surface area contributed by atoms with E-state index in [0.29, 0.717) is 34.3 Å². The van der Waals surface area contributed by atoms with E-state index in [1.807, 2.05) is 6.07 Å². The number of nitrogens with one attached hydrogen (secondary N) is 2. The molecule has 0 aliphatic heterocycles. The first kappa shape index (κ1) is 32.5. The first-order chi connectivity index (χ1) is 21.7. The molecule has 0 radical (unpaired) electrons. The average molecular weight is 677 g/mol. The van der Waals surface area contributed by atoms with Gasteiger partial charge in [-0.3, -0.25) is 4.98 Å². The van der Waals surface area contributed by atoms with E-state index in [-0.39, 0.29) is 30.5 Å². The smallest absolute Gasteiger partial charge is 0.225 e. The summed E-state index contributed by atoms with van der Waals surface area (Å²) in [5, 5.41) is 28.8. The largest absolute Gasteiger partial charge is 0.390 e. The lowest BCUT2D eigenvalue weighted by molar-refractivity contribution is 0.0105. The van der Waals surface area contributed by atoms with Crippen LogP contribution in [0.1, 0.15) is 62.9 Å². The Bertz CT molecular complexity index is 1890. The molecule has 1 unspecified atom stereocenters. The van der Waals surface area contributed by atoms with Crippen LogP contribution in [0.4, 0.5) is 24.9 Å². The highest BCUT2D eigenvalue weighted by Gasteiger charge is 2.53. The third kappa shape index (κ3) is 5.82. The Morgan fingerprint density at radius 2 is 1.76 bits per heavy atom. The van der Waals surface area contributed by atoms with Crippen LogP contribution in [-0.2, 0) is 16.4 Å². The number of benzene rings is 1. The van der Waals surface area contributed by atoms with Crippen LogP contribution in [0.25, 0.3) is 20.8 Å². The summed E-state index contributed by atoms with van der Waals surface area (Å²) in [5.74, 6) is -3.50. The minimum absolute atomic E-state index is 0.00759. The Balaban J connectivity index is 1.39. The number of nitrogens with zero attached hydrogens (tertiary/aromatic N) is 4. The van der Waals surface area contributed by atoms with Crippen molar-refractivity contribution in [2.75, 3.05) is 16.4 Å². The van der Waals surface area contributed by atoms with E-state index in [0.717, 1.165) is 28.8 Å². The molecule has 15 heteroatoms. The second kappa shape index (κ2) is 12.0. The number of aryl methyl sites for hydroxylation is 1. The van der Waals surface area contributed by atoms with Crippen molar-refractivity contribution < 1.29 is 31.8 Å². The van der Waals surface area contributed by atoms with E-state index in [4.69, 9.17) is 4.98 Å². The van der Waals surface area contributed by atoms with E-state index in [2.05, 4.69) is 25.6 Å². The van der Waals surface area contributed by atoms with Gasteiger partial charge in [0.2, 0.25) is 5.95 Å². The molecule has 4 atom stereocenters. The van der Waals surface area contributed by atoms with Crippen molar-refractivity contribution in [3.63, 3.8) is 0 Å². The van der Waals surface area contributed by atoms with Crippen molar-refractivity contribution in [3.8, 4) is 10.6 Å². The van der Waals surface area contributed by atoms with Gasteiger partial charge in [-0.05, 0) is 46.1 Å². The zero-order valence-electron chi connectivity index (χ0n) is 25.7. The summed E-state index contributed by atoms with van der Waals surface area (Å²) in [6.07, 6.45) is 1.27. The van der Waals surface area contributed by atoms with Gasteiger partial charge in [-0.2, -0.15) is 4.98 Å². The topological polar surface area (TPSA) is 150 Å². The van der Waals surface area contributed by atoms with Gasteiger partial charge >= 0.3 is 0 Å². The summed E-state index contributed by atoms with van der Waals surface area (Å²) in [5.41, 5.74) is 2.27. The number of sulfone groups is 1. The highest BCUT2D eigenvalue weighted by atomic mass is 32.2. The lowest BCUT2D eigenvalue weighted by Crippen LogP contribution is -2.46. The minimum Gasteiger partial charge on any atom is -0.390 e. The lowest BCUT2D eigenvalue weighted by atomic mass is 9.91. The monoisotopic (exact) mass is 676 g/mol. The molecular formula is C31H35F3N6O4S2. The van der Waals surface area contributed by atoms with Crippen LogP contribution < -0.4 is 10.6 Å². The molecule has 2 fully saturated rings. The van der Waals surface area contributed by atoms with Gasteiger partial charge in [0.15, 0.2) is 9.84 Å². The Kier molecular flexibility index (Phi) is 8.49. The van der Waals surface area contributed by atoms with Gasteiger partial charge in [0.05, 0.1) is 38.5 Å². The predicted molar refractivity (Wildman–Crippen MR) is 170 cm³/mol. The Hall–Kier alpha value is -3.40. The number of pyridine rings is 1. The van der Waals surface area contributed by atoms with Crippen molar-refractivity contribution in [1.82, 2.24) is 19.9 Å². The number of aromatic nitrogens is 4. The number of hydrogen-bond acceptors (Lipinski definition) is 11. The first-order valence-electron chi connectivity index (χ1n) is 15.1. The van der Waals surface area contributed by atoms with Crippen LogP contribution >= 0.6 is 11.3 Å². The Labute approximate surface area is 268 Å². The first-order valence-corrected chi connectivity index (χ1v) is 17.5. The maximum atomic E-state index is 14.4. The molecule has 0 bridgehead atoms. The Morgan fingerprint density at radius 3 is 2.41 bits per heavy atom. The number of hydrogen-bond donors (Lipinski definition) is 4. The van der Waals surface area contributed by atoms with Gasteiger partial charge < -0.3 is 20.8 Å². The molecule has 10 nitrogen and oxygen atoms in total. The van der Waals surface area contributed by atoms with Gasteiger partial charge in [0.1, 0.15) is 39.9 Å².